The van der Waals surface area contributed by atoms with E-state index in [4.69, 9.17) is 23.7 Å². The van der Waals surface area contributed by atoms with Crippen LogP contribution in [0.25, 0.3) is 0 Å². The van der Waals surface area contributed by atoms with Crippen molar-refractivity contribution in [1.29, 1.82) is 0 Å². The van der Waals surface area contributed by atoms with Crippen molar-refractivity contribution in [2.24, 2.45) is 0 Å². The van der Waals surface area contributed by atoms with Crippen LogP contribution in [-0.2, 0) is 6.42 Å². The minimum atomic E-state index is 0.307. The van der Waals surface area contributed by atoms with Crippen LogP contribution >= 0.6 is 12.2 Å². The van der Waals surface area contributed by atoms with Gasteiger partial charge in [0.2, 0.25) is 0 Å². The Morgan fingerprint density at radius 2 is 1.84 bits per heavy atom. The van der Waals surface area contributed by atoms with Crippen LogP contribution in [-0.4, -0.2) is 24.1 Å². The van der Waals surface area contributed by atoms with Crippen molar-refractivity contribution in [3.8, 4) is 0 Å². The summed E-state index contributed by atoms with van der Waals surface area (Å²) < 4.78 is 0.307. The normalized spacial score (nSPS) is 10.4. The summed E-state index contributed by atoms with van der Waals surface area (Å²) in [6.45, 7) is 0. The maximum absolute atomic E-state index is 5.90. The molecule has 0 amide bonds. The first-order valence-corrected chi connectivity index (χ1v) is 6.28. The van der Waals surface area contributed by atoms with E-state index in [9.17, 15) is 0 Å². The quantitative estimate of drug-likeness (QED) is 0.746. The molecular formula is C13H17N5S. The molecule has 1 aromatic heterocycles. The first-order chi connectivity index (χ1) is 8.97. The van der Waals surface area contributed by atoms with Crippen LogP contribution in [0, 0.1) is 4.77 Å². The van der Waals surface area contributed by atoms with Gasteiger partial charge in [0, 0.05) is 31.8 Å². The number of anilines is 3. The van der Waals surface area contributed by atoms with E-state index in [1.54, 1.807) is 0 Å². The summed E-state index contributed by atoms with van der Waals surface area (Å²) in [5.41, 5.74) is 14.8. The summed E-state index contributed by atoms with van der Waals surface area (Å²) in [6.07, 6.45) is 0.629. The average Bonchev–Trinajstić information content (AvgIpc) is 2.34. The summed E-state index contributed by atoms with van der Waals surface area (Å²) in [5.74, 6) is 0.868. The second kappa shape index (κ2) is 5.27. The predicted octanol–water partition coefficient (Wildman–Crippen LogP) is 1.96. The number of nitrogens with two attached hydrogens (primary N) is 2. The molecule has 1 aromatic carbocycles. The van der Waals surface area contributed by atoms with E-state index in [0.29, 0.717) is 22.8 Å². The lowest BCUT2D eigenvalue weighted by Crippen LogP contribution is -2.09. The summed E-state index contributed by atoms with van der Waals surface area (Å²) in [6, 6.07) is 8.21. The summed E-state index contributed by atoms with van der Waals surface area (Å²) in [7, 11) is 4.01. The Morgan fingerprint density at radius 3 is 2.37 bits per heavy atom. The Kier molecular flexibility index (Phi) is 3.71. The smallest absolute Gasteiger partial charge is 0.200 e. The monoisotopic (exact) mass is 275 g/mol. The fraction of sp³-hybridized carbons (Fsp3) is 0.231. The predicted molar refractivity (Wildman–Crippen MR) is 81.8 cm³/mol. The Bertz CT molecular complexity index is 604. The van der Waals surface area contributed by atoms with E-state index in [1.807, 2.05) is 19.0 Å². The minimum Gasteiger partial charge on any atom is -0.385 e. The average molecular weight is 275 g/mol. The molecule has 0 saturated carbocycles. The van der Waals surface area contributed by atoms with Crippen molar-refractivity contribution in [2.45, 2.75) is 6.42 Å². The number of nitrogens with zero attached hydrogens (tertiary/aromatic N) is 2. The van der Waals surface area contributed by atoms with Gasteiger partial charge in [-0.1, -0.05) is 12.1 Å². The molecule has 0 aliphatic rings. The molecule has 0 unspecified atom stereocenters. The molecule has 0 radical (unpaired) electrons. The van der Waals surface area contributed by atoms with Gasteiger partial charge in [0.15, 0.2) is 4.77 Å². The lowest BCUT2D eigenvalue weighted by atomic mass is 10.1. The van der Waals surface area contributed by atoms with Crippen LogP contribution in [0.2, 0.25) is 0 Å². The van der Waals surface area contributed by atoms with Gasteiger partial charge in [0.05, 0.1) is 0 Å². The zero-order valence-corrected chi connectivity index (χ0v) is 11.8. The molecule has 2 rings (SSSR count). The number of aromatic amines is 1. The molecule has 0 aliphatic heterocycles. The van der Waals surface area contributed by atoms with Gasteiger partial charge in [0.25, 0.3) is 0 Å². The SMILES string of the molecule is CN(C)c1ccc(Cc2c(N)nc(=S)[nH]c2N)cc1. The Hall–Kier alpha value is -2.08. The lowest BCUT2D eigenvalue weighted by Gasteiger charge is -2.13. The number of hydrogen-bond donors (Lipinski definition) is 3. The Labute approximate surface area is 117 Å². The number of nitrogens with one attached hydrogen (secondary N) is 1. The highest BCUT2D eigenvalue weighted by molar-refractivity contribution is 7.71. The number of benzene rings is 1. The van der Waals surface area contributed by atoms with Crippen LogP contribution in [0.15, 0.2) is 24.3 Å². The molecular weight excluding hydrogens is 258 g/mol. The van der Waals surface area contributed by atoms with E-state index < -0.39 is 0 Å². The van der Waals surface area contributed by atoms with Crippen molar-refractivity contribution in [3.05, 3.63) is 40.2 Å². The topological polar surface area (TPSA) is 84.0 Å². The molecule has 0 spiro atoms. The molecule has 100 valence electrons. The molecule has 19 heavy (non-hydrogen) atoms. The van der Waals surface area contributed by atoms with Crippen LogP contribution < -0.4 is 16.4 Å². The Balaban J connectivity index is 2.29. The van der Waals surface area contributed by atoms with Crippen LogP contribution in [0.1, 0.15) is 11.1 Å². The number of rotatable bonds is 3. The van der Waals surface area contributed by atoms with Crippen LogP contribution in [0.3, 0.4) is 0 Å². The molecule has 1 heterocycles. The summed E-state index contributed by atoms with van der Waals surface area (Å²) >= 11 is 4.92. The minimum absolute atomic E-state index is 0.307. The molecule has 6 heteroatoms. The molecule has 0 saturated heterocycles. The highest BCUT2D eigenvalue weighted by Gasteiger charge is 2.07. The lowest BCUT2D eigenvalue weighted by molar-refractivity contribution is 1.07. The maximum Gasteiger partial charge on any atom is 0.200 e. The third-order valence-electron chi connectivity index (χ3n) is 2.93. The van der Waals surface area contributed by atoms with Crippen molar-refractivity contribution >= 4 is 29.5 Å². The maximum atomic E-state index is 5.90. The van der Waals surface area contributed by atoms with E-state index in [0.717, 1.165) is 16.8 Å². The van der Waals surface area contributed by atoms with Gasteiger partial charge in [0.1, 0.15) is 11.6 Å². The molecule has 0 atom stereocenters. The first kappa shape index (κ1) is 13.4. The van der Waals surface area contributed by atoms with E-state index in [-0.39, 0.29) is 0 Å². The number of H-pyrrole nitrogens is 1. The van der Waals surface area contributed by atoms with Gasteiger partial charge >= 0.3 is 0 Å². The number of hydrogen-bond acceptors (Lipinski definition) is 5. The highest BCUT2D eigenvalue weighted by atomic mass is 32.1. The van der Waals surface area contributed by atoms with Crippen molar-refractivity contribution in [3.63, 3.8) is 0 Å². The largest absolute Gasteiger partial charge is 0.385 e. The number of nitrogen functional groups attached to an aromatic ring is 2. The fourth-order valence-electron chi connectivity index (χ4n) is 1.84. The third kappa shape index (κ3) is 3.03. The number of aromatic nitrogens is 2. The van der Waals surface area contributed by atoms with Crippen LogP contribution in [0.4, 0.5) is 17.3 Å². The summed E-state index contributed by atoms with van der Waals surface area (Å²) in [5, 5.41) is 0. The van der Waals surface area contributed by atoms with E-state index in [2.05, 4.69) is 34.2 Å². The van der Waals surface area contributed by atoms with Gasteiger partial charge in [-0.05, 0) is 29.9 Å². The Morgan fingerprint density at radius 1 is 1.21 bits per heavy atom. The van der Waals surface area contributed by atoms with Crippen molar-refractivity contribution in [1.82, 2.24) is 9.97 Å². The molecule has 5 N–H and O–H groups in total. The van der Waals surface area contributed by atoms with Gasteiger partial charge < -0.3 is 21.4 Å². The highest BCUT2D eigenvalue weighted by Crippen LogP contribution is 2.21. The van der Waals surface area contributed by atoms with Gasteiger partial charge in [-0.2, -0.15) is 0 Å². The first-order valence-electron chi connectivity index (χ1n) is 5.88. The summed E-state index contributed by atoms with van der Waals surface area (Å²) in [4.78, 5) is 8.90. The zero-order chi connectivity index (χ0) is 14.0. The third-order valence-corrected chi connectivity index (χ3v) is 3.12. The van der Waals surface area contributed by atoms with Crippen molar-refractivity contribution < 1.29 is 0 Å². The van der Waals surface area contributed by atoms with Gasteiger partial charge in [-0.25, -0.2) is 4.98 Å². The molecule has 0 fully saturated rings. The van der Waals surface area contributed by atoms with Crippen LogP contribution in [0.5, 0.6) is 0 Å². The van der Waals surface area contributed by atoms with E-state index in [1.165, 1.54) is 0 Å². The van der Waals surface area contributed by atoms with Crippen molar-refractivity contribution in [2.75, 3.05) is 30.5 Å². The second-order valence-corrected chi connectivity index (χ2v) is 4.94. The van der Waals surface area contributed by atoms with Gasteiger partial charge in [-0.3, -0.25) is 0 Å². The molecule has 2 aromatic rings. The standard InChI is InChI=1S/C13H17N5S/c1-18(2)9-5-3-8(4-6-9)7-10-11(14)16-13(19)17-12(10)15/h3-6H,7H2,1-2H3,(H5,14,15,16,17,19). The fourth-order valence-corrected chi connectivity index (χ4v) is 2.04. The van der Waals surface area contributed by atoms with Gasteiger partial charge in [-0.15, -0.1) is 0 Å². The van der Waals surface area contributed by atoms with E-state index >= 15 is 0 Å². The molecule has 0 bridgehead atoms. The molecule has 5 nitrogen and oxygen atoms in total. The second-order valence-electron chi connectivity index (χ2n) is 4.56. The zero-order valence-electron chi connectivity index (χ0n) is 11.0. The molecule has 0 aliphatic carbocycles.